The Morgan fingerprint density at radius 3 is 2.45 bits per heavy atom. The van der Waals surface area contributed by atoms with E-state index in [9.17, 15) is 18.8 Å². The predicted molar refractivity (Wildman–Crippen MR) is 78.4 cm³/mol. The number of nitrogens with one attached hydrogen (secondary N) is 2. The lowest BCUT2D eigenvalue weighted by Gasteiger charge is -2.08. The van der Waals surface area contributed by atoms with Gasteiger partial charge in [0.15, 0.2) is 6.61 Å². The summed E-state index contributed by atoms with van der Waals surface area (Å²) >= 11 is 11.2. The van der Waals surface area contributed by atoms with Crippen LogP contribution in [0.25, 0.3) is 0 Å². The molecule has 0 aliphatic rings. The fraction of sp³-hybridized carbons (Fsp3) is 0.308. The van der Waals surface area contributed by atoms with Gasteiger partial charge in [0.05, 0.1) is 22.2 Å². The van der Waals surface area contributed by atoms with Crippen LogP contribution in [0.4, 0.5) is 4.39 Å². The molecule has 22 heavy (non-hydrogen) atoms. The van der Waals surface area contributed by atoms with Crippen molar-refractivity contribution in [2.45, 2.75) is 6.92 Å². The average molecular weight is 351 g/mol. The highest BCUT2D eigenvalue weighted by atomic mass is 35.5. The molecule has 0 bridgehead atoms. The third kappa shape index (κ3) is 5.50. The maximum absolute atomic E-state index is 13.3. The van der Waals surface area contributed by atoms with Crippen molar-refractivity contribution in [3.05, 3.63) is 33.6 Å². The molecule has 2 N–H and O–H groups in total. The molecule has 0 aromatic heterocycles. The van der Waals surface area contributed by atoms with Gasteiger partial charge in [0.2, 0.25) is 5.91 Å². The van der Waals surface area contributed by atoms with Crippen LogP contribution in [-0.2, 0) is 14.3 Å². The second-order valence-corrected chi connectivity index (χ2v) is 4.87. The van der Waals surface area contributed by atoms with E-state index in [1.54, 1.807) is 6.92 Å². The van der Waals surface area contributed by atoms with Gasteiger partial charge in [-0.05, 0) is 19.1 Å². The minimum atomic E-state index is -0.978. The lowest BCUT2D eigenvalue weighted by atomic mass is 10.2. The number of carbonyl (C=O) groups excluding carboxylic acids is 3. The molecule has 0 aliphatic heterocycles. The molecule has 120 valence electrons. The second kappa shape index (κ2) is 8.55. The Bertz CT molecular complexity index is 596. The summed E-state index contributed by atoms with van der Waals surface area (Å²) in [5.74, 6) is -2.86. The molecule has 9 heteroatoms. The molecule has 1 rings (SSSR count). The van der Waals surface area contributed by atoms with Crippen molar-refractivity contribution in [3.63, 3.8) is 0 Å². The number of halogens is 3. The minimum Gasteiger partial charge on any atom is -0.452 e. The monoisotopic (exact) mass is 350 g/mol. The van der Waals surface area contributed by atoms with Crippen molar-refractivity contribution in [3.8, 4) is 0 Å². The van der Waals surface area contributed by atoms with E-state index in [0.29, 0.717) is 6.54 Å². The van der Waals surface area contributed by atoms with Gasteiger partial charge in [0, 0.05) is 6.54 Å². The first-order chi connectivity index (χ1) is 10.3. The van der Waals surface area contributed by atoms with Gasteiger partial charge < -0.3 is 15.4 Å². The molecule has 1 aromatic rings. The van der Waals surface area contributed by atoms with Gasteiger partial charge in [0.1, 0.15) is 5.82 Å². The average Bonchev–Trinajstić information content (AvgIpc) is 2.46. The number of hydrogen-bond donors (Lipinski definition) is 2. The lowest BCUT2D eigenvalue weighted by molar-refractivity contribution is -0.127. The SMILES string of the molecule is CCNC(=O)CNC(=O)COC(=O)c1cc(F)c(Cl)cc1Cl. The molecule has 0 radical (unpaired) electrons. The van der Waals surface area contributed by atoms with Crippen molar-refractivity contribution in [1.29, 1.82) is 0 Å². The third-order valence-electron chi connectivity index (χ3n) is 2.38. The second-order valence-electron chi connectivity index (χ2n) is 4.05. The summed E-state index contributed by atoms with van der Waals surface area (Å²) in [4.78, 5) is 34.2. The van der Waals surface area contributed by atoms with Crippen LogP contribution in [0.2, 0.25) is 10.0 Å². The number of hydrogen-bond acceptors (Lipinski definition) is 4. The van der Waals surface area contributed by atoms with Crippen molar-refractivity contribution >= 4 is 41.0 Å². The number of benzene rings is 1. The zero-order valence-electron chi connectivity index (χ0n) is 11.5. The van der Waals surface area contributed by atoms with E-state index in [1.165, 1.54) is 0 Å². The number of carbonyl (C=O) groups is 3. The fourth-order valence-corrected chi connectivity index (χ4v) is 1.84. The van der Waals surface area contributed by atoms with Crippen LogP contribution >= 0.6 is 23.2 Å². The van der Waals surface area contributed by atoms with E-state index in [4.69, 9.17) is 23.2 Å². The third-order valence-corrected chi connectivity index (χ3v) is 2.99. The van der Waals surface area contributed by atoms with E-state index in [0.717, 1.165) is 12.1 Å². The topological polar surface area (TPSA) is 84.5 Å². The number of amides is 2. The van der Waals surface area contributed by atoms with E-state index >= 15 is 0 Å². The van der Waals surface area contributed by atoms with Crippen molar-refractivity contribution in [2.75, 3.05) is 19.7 Å². The largest absolute Gasteiger partial charge is 0.452 e. The van der Waals surface area contributed by atoms with Crippen LogP contribution in [0.5, 0.6) is 0 Å². The van der Waals surface area contributed by atoms with Gasteiger partial charge >= 0.3 is 5.97 Å². The molecule has 6 nitrogen and oxygen atoms in total. The van der Waals surface area contributed by atoms with E-state index in [-0.39, 0.29) is 28.1 Å². The summed E-state index contributed by atoms with van der Waals surface area (Å²) in [6.07, 6.45) is 0. The van der Waals surface area contributed by atoms with Crippen LogP contribution in [0.1, 0.15) is 17.3 Å². The maximum Gasteiger partial charge on any atom is 0.340 e. The predicted octanol–water partition coefficient (Wildman–Crippen LogP) is 1.54. The van der Waals surface area contributed by atoms with Gasteiger partial charge in [0.25, 0.3) is 5.91 Å². The molecule has 0 fully saturated rings. The number of esters is 1. The fourth-order valence-electron chi connectivity index (χ4n) is 1.38. The van der Waals surface area contributed by atoms with Crippen molar-refractivity contribution in [2.24, 2.45) is 0 Å². The van der Waals surface area contributed by atoms with E-state index < -0.39 is 24.3 Å². The van der Waals surface area contributed by atoms with Gasteiger partial charge in [-0.2, -0.15) is 0 Å². The first-order valence-electron chi connectivity index (χ1n) is 6.20. The van der Waals surface area contributed by atoms with Gasteiger partial charge in [-0.15, -0.1) is 0 Å². The first-order valence-corrected chi connectivity index (χ1v) is 6.95. The van der Waals surface area contributed by atoms with Crippen molar-refractivity contribution < 1.29 is 23.5 Å². The van der Waals surface area contributed by atoms with E-state index in [2.05, 4.69) is 15.4 Å². The van der Waals surface area contributed by atoms with Crippen LogP contribution in [0.15, 0.2) is 12.1 Å². The molecule has 0 saturated carbocycles. The number of likely N-dealkylation sites (N-methyl/N-ethyl adjacent to an activating group) is 1. The normalized spacial score (nSPS) is 10.0. The minimum absolute atomic E-state index is 0.0980. The standard InChI is InChI=1S/C13H13Cl2FN2O4/c1-2-17-11(19)5-18-12(20)6-22-13(21)7-3-10(16)9(15)4-8(7)14/h3-4H,2,5-6H2,1H3,(H,17,19)(H,18,20). The van der Waals surface area contributed by atoms with Crippen LogP contribution < -0.4 is 10.6 Å². The van der Waals surface area contributed by atoms with Crippen LogP contribution in [0.3, 0.4) is 0 Å². The molecule has 0 heterocycles. The highest BCUT2D eigenvalue weighted by Gasteiger charge is 2.17. The number of ether oxygens (including phenoxy) is 1. The Hall–Kier alpha value is -1.86. The van der Waals surface area contributed by atoms with Crippen LogP contribution in [0, 0.1) is 5.82 Å². The summed E-state index contributed by atoms with van der Waals surface area (Å²) in [6.45, 7) is 1.31. The molecule has 0 spiro atoms. The Balaban J connectivity index is 2.51. The Kier molecular flexibility index (Phi) is 7.07. The summed E-state index contributed by atoms with van der Waals surface area (Å²) in [7, 11) is 0. The molecule has 1 aromatic carbocycles. The van der Waals surface area contributed by atoms with Crippen LogP contribution in [-0.4, -0.2) is 37.5 Å². The lowest BCUT2D eigenvalue weighted by Crippen LogP contribution is -2.38. The smallest absolute Gasteiger partial charge is 0.340 e. The molecular weight excluding hydrogens is 338 g/mol. The van der Waals surface area contributed by atoms with Gasteiger partial charge in [-0.25, -0.2) is 9.18 Å². The van der Waals surface area contributed by atoms with E-state index in [1.807, 2.05) is 0 Å². The zero-order valence-corrected chi connectivity index (χ0v) is 13.1. The molecule has 0 atom stereocenters. The molecular formula is C13H13Cl2FN2O4. The Morgan fingerprint density at radius 1 is 1.14 bits per heavy atom. The zero-order chi connectivity index (χ0) is 16.7. The summed E-state index contributed by atoms with van der Waals surface area (Å²) < 4.78 is 18.0. The highest BCUT2D eigenvalue weighted by Crippen LogP contribution is 2.24. The van der Waals surface area contributed by atoms with Gasteiger partial charge in [-0.1, -0.05) is 23.2 Å². The quantitative estimate of drug-likeness (QED) is 0.602. The molecule has 0 aliphatic carbocycles. The number of rotatable bonds is 6. The maximum atomic E-state index is 13.3. The summed E-state index contributed by atoms with van der Waals surface area (Å²) in [5, 5.41) is 4.40. The molecule has 0 unspecified atom stereocenters. The Labute approximate surface area is 135 Å². The highest BCUT2D eigenvalue weighted by molar-refractivity contribution is 6.36. The molecule has 2 amide bonds. The first kappa shape index (κ1) is 18.2. The molecule has 0 saturated heterocycles. The summed E-state index contributed by atoms with van der Waals surface area (Å²) in [5.41, 5.74) is -0.250. The Morgan fingerprint density at radius 2 is 1.82 bits per heavy atom. The summed E-state index contributed by atoms with van der Waals surface area (Å²) in [6, 6.07) is 1.88. The van der Waals surface area contributed by atoms with Gasteiger partial charge in [-0.3, -0.25) is 9.59 Å². The van der Waals surface area contributed by atoms with Crippen molar-refractivity contribution in [1.82, 2.24) is 10.6 Å².